The summed E-state index contributed by atoms with van der Waals surface area (Å²) in [7, 11) is 0. The molecule has 1 rings (SSSR count). The summed E-state index contributed by atoms with van der Waals surface area (Å²) < 4.78 is 0.391. The number of halogens is 1. The van der Waals surface area contributed by atoms with Crippen LogP contribution in [-0.2, 0) is 9.59 Å². The number of hydrogen-bond donors (Lipinski definition) is 0. The van der Waals surface area contributed by atoms with Gasteiger partial charge in [0.2, 0.25) is 0 Å². The van der Waals surface area contributed by atoms with Crippen molar-refractivity contribution in [3.05, 3.63) is 21.7 Å². The molecule has 0 aliphatic heterocycles. The van der Waals surface area contributed by atoms with Crippen LogP contribution in [0.15, 0.2) is 21.7 Å². The highest BCUT2D eigenvalue weighted by Crippen LogP contribution is 2.22. The molecule has 0 fully saturated rings. The van der Waals surface area contributed by atoms with Gasteiger partial charge in [-0.25, -0.2) is 0 Å². The monoisotopic (exact) mass is 214 g/mol. The van der Waals surface area contributed by atoms with Crippen molar-refractivity contribution in [3.63, 3.8) is 0 Å². The molecule has 0 heterocycles. The lowest BCUT2D eigenvalue weighted by Gasteiger charge is -2.08. The summed E-state index contributed by atoms with van der Waals surface area (Å²) in [5.74, 6) is -0.184. The third-order valence-corrected chi connectivity index (χ3v) is 2.56. The van der Waals surface area contributed by atoms with Gasteiger partial charge >= 0.3 is 0 Å². The molecule has 2 nitrogen and oxygen atoms in total. The van der Waals surface area contributed by atoms with E-state index < -0.39 is 0 Å². The second kappa shape index (κ2) is 2.74. The molecule has 3 heteroatoms. The Balaban J connectivity index is 3.19. The van der Waals surface area contributed by atoms with E-state index in [-0.39, 0.29) is 11.6 Å². The van der Waals surface area contributed by atoms with Crippen LogP contribution in [0.2, 0.25) is 0 Å². The second-order valence-corrected chi connectivity index (χ2v) is 3.25. The Hall–Kier alpha value is -0.700. The molecule has 0 aromatic carbocycles. The average Bonchev–Trinajstić information content (AvgIpc) is 1.97. The quantitative estimate of drug-likeness (QED) is 0.577. The van der Waals surface area contributed by atoms with Crippen molar-refractivity contribution in [2.24, 2.45) is 0 Å². The van der Waals surface area contributed by atoms with E-state index in [4.69, 9.17) is 0 Å². The van der Waals surface area contributed by atoms with Crippen LogP contribution in [0.25, 0.3) is 0 Å². The summed E-state index contributed by atoms with van der Waals surface area (Å²) in [5.41, 5.74) is 0.980. The Morgan fingerprint density at radius 3 is 2.36 bits per heavy atom. The van der Waals surface area contributed by atoms with E-state index in [1.54, 1.807) is 13.8 Å². The highest BCUT2D eigenvalue weighted by molar-refractivity contribution is 9.12. The minimum Gasteiger partial charge on any atom is -0.290 e. The van der Waals surface area contributed by atoms with E-state index in [1.807, 2.05) is 0 Å². The molecular formula is C8H7BrO2. The molecule has 0 bridgehead atoms. The van der Waals surface area contributed by atoms with Crippen molar-refractivity contribution in [1.82, 2.24) is 0 Å². The van der Waals surface area contributed by atoms with Crippen molar-refractivity contribution in [2.45, 2.75) is 13.8 Å². The summed E-state index contributed by atoms with van der Waals surface area (Å²) in [6.07, 6.45) is 1.36. The normalized spacial score (nSPS) is 19.0. The number of ketones is 2. The molecule has 11 heavy (non-hydrogen) atoms. The van der Waals surface area contributed by atoms with Crippen molar-refractivity contribution in [1.29, 1.82) is 0 Å². The molecule has 1 aliphatic rings. The zero-order chi connectivity index (χ0) is 8.59. The van der Waals surface area contributed by atoms with Gasteiger partial charge in [0.05, 0.1) is 4.48 Å². The molecule has 58 valence electrons. The van der Waals surface area contributed by atoms with E-state index in [0.717, 1.165) is 0 Å². The lowest BCUT2D eigenvalue weighted by Crippen LogP contribution is -2.12. The summed E-state index contributed by atoms with van der Waals surface area (Å²) in [6.45, 7) is 3.27. The molecule has 0 saturated carbocycles. The van der Waals surface area contributed by atoms with Gasteiger partial charge in [-0.3, -0.25) is 9.59 Å². The molecular weight excluding hydrogens is 208 g/mol. The molecule has 0 aromatic rings. The number of rotatable bonds is 0. The van der Waals surface area contributed by atoms with E-state index in [9.17, 15) is 9.59 Å². The Morgan fingerprint density at radius 2 is 1.82 bits per heavy atom. The fourth-order valence-electron chi connectivity index (χ4n) is 0.822. The van der Waals surface area contributed by atoms with Crippen LogP contribution < -0.4 is 0 Å². The van der Waals surface area contributed by atoms with Crippen LogP contribution in [0.1, 0.15) is 13.8 Å². The number of Topliss-reactive ketones (excluding diaryl/α,β-unsaturated/α-hetero) is 1. The molecule has 0 N–H and O–H groups in total. The van der Waals surface area contributed by atoms with Gasteiger partial charge in [0.15, 0.2) is 11.6 Å². The Labute approximate surface area is 73.1 Å². The molecule has 0 spiro atoms. The van der Waals surface area contributed by atoms with Crippen LogP contribution >= 0.6 is 15.9 Å². The third kappa shape index (κ3) is 1.33. The zero-order valence-corrected chi connectivity index (χ0v) is 7.86. The number of hydrogen-bond acceptors (Lipinski definition) is 2. The van der Waals surface area contributed by atoms with Gasteiger partial charge in [0.25, 0.3) is 0 Å². The lowest BCUT2D eigenvalue weighted by atomic mass is 10.00. The van der Waals surface area contributed by atoms with Gasteiger partial charge in [-0.2, -0.15) is 0 Å². The Kier molecular flexibility index (Phi) is 2.09. The van der Waals surface area contributed by atoms with Crippen LogP contribution in [0, 0.1) is 0 Å². The van der Waals surface area contributed by atoms with Gasteiger partial charge in [-0.1, -0.05) is 0 Å². The molecule has 0 aromatic heterocycles. The first-order chi connectivity index (χ1) is 5.04. The SMILES string of the molecule is CC1=CC(=O)C(C)=C(Br)C1=O. The predicted molar refractivity (Wildman–Crippen MR) is 45.4 cm³/mol. The van der Waals surface area contributed by atoms with Crippen molar-refractivity contribution < 1.29 is 9.59 Å². The maximum Gasteiger partial charge on any atom is 0.196 e. The summed E-state index contributed by atoms with van der Waals surface area (Å²) >= 11 is 3.07. The van der Waals surface area contributed by atoms with Crippen molar-refractivity contribution in [3.8, 4) is 0 Å². The van der Waals surface area contributed by atoms with Crippen molar-refractivity contribution >= 4 is 27.5 Å². The zero-order valence-electron chi connectivity index (χ0n) is 6.27. The summed E-state index contributed by atoms with van der Waals surface area (Å²) in [4.78, 5) is 22.2. The number of allylic oxidation sites excluding steroid dienone is 4. The number of carbonyl (C=O) groups excluding carboxylic acids is 2. The highest BCUT2D eigenvalue weighted by atomic mass is 79.9. The average molecular weight is 215 g/mol. The van der Waals surface area contributed by atoms with E-state index in [0.29, 0.717) is 15.6 Å². The maximum atomic E-state index is 11.2. The third-order valence-electron chi connectivity index (χ3n) is 1.60. The largest absolute Gasteiger partial charge is 0.290 e. The predicted octanol–water partition coefficient (Wildman–Crippen LogP) is 1.75. The first kappa shape index (κ1) is 8.40. The first-order valence-corrected chi connectivity index (χ1v) is 3.97. The van der Waals surface area contributed by atoms with Gasteiger partial charge in [-0.05, 0) is 35.9 Å². The van der Waals surface area contributed by atoms with Crippen LogP contribution in [0.3, 0.4) is 0 Å². The molecule has 0 amide bonds. The maximum absolute atomic E-state index is 11.2. The molecule has 0 unspecified atom stereocenters. The molecule has 0 atom stereocenters. The minimum absolute atomic E-state index is 0.0889. The Morgan fingerprint density at radius 1 is 1.27 bits per heavy atom. The molecule has 0 saturated heterocycles. The standard InChI is InChI=1S/C8H7BrO2/c1-4-3-6(10)5(2)7(9)8(4)11/h3H,1-2H3. The van der Waals surface area contributed by atoms with E-state index in [2.05, 4.69) is 15.9 Å². The second-order valence-electron chi connectivity index (χ2n) is 2.46. The summed E-state index contributed by atoms with van der Waals surface area (Å²) in [6, 6.07) is 0. The topological polar surface area (TPSA) is 34.1 Å². The van der Waals surface area contributed by atoms with Gasteiger partial charge < -0.3 is 0 Å². The fraction of sp³-hybridized carbons (Fsp3) is 0.250. The fourth-order valence-corrected chi connectivity index (χ4v) is 1.33. The van der Waals surface area contributed by atoms with Gasteiger partial charge in [0.1, 0.15) is 0 Å². The van der Waals surface area contributed by atoms with Crippen molar-refractivity contribution in [2.75, 3.05) is 0 Å². The van der Waals surface area contributed by atoms with Crippen LogP contribution in [0.5, 0.6) is 0 Å². The van der Waals surface area contributed by atoms with Gasteiger partial charge in [-0.15, -0.1) is 0 Å². The first-order valence-electron chi connectivity index (χ1n) is 3.17. The lowest BCUT2D eigenvalue weighted by molar-refractivity contribution is -0.115. The highest BCUT2D eigenvalue weighted by Gasteiger charge is 2.20. The minimum atomic E-state index is -0.0953. The van der Waals surface area contributed by atoms with Crippen LogP contribution in [0.4, 0.5) is 0 Å². The summed E-state index contributed by atoms with van der Waals surface area (Å²) in [5, 5.41) is 0. The van der Waals surface area contributed by atoms with E-state index >= 15 is 0 Å². The Bertz CT molecular complexity index is 297. The molecule has 1 aliphatic carbocycles. The molecule has 0 radical (unpaired) electrons. The van der Waals surface area contributed by atoms with E-state index in [1.165, 1.54) is 6.08 Å². The smallest absolute Gasteiger partial charge is 0.196 e. The van der Waals surface area contributed by atoms with Gasteiger partial charge in [0, 0.05) is 11.1 Å². The van der Waals surface area contributed by atoms with Crippen LogP contribution in [-0.4, -0.2) is 11.6 Å². The number of carbonyl (C=O) groups is 2.